The lowest BCUT2D eigenvalue weighted by Crippen LogP contribution is -2.21. The van der Waals surface area contributed by atoms with Crippen LogP contribution in [0.3, 0.4) is 0 Å². The third-order valence-corrected chi connectivity index (χ3v) is 2.45. The molecule has 0 spiro atoms. The molecule has 66 valence electrons. The van der Waals surface area contributed by atoms with Crippen LogP contribution in [0.2, 0.25) is 0 Å². The first kappa shape index (κ1) is 8.12. The van der Waals surface area contributed by atoms with Crippen LogP contribution in [0.25, 0.3) is 0 Å². The predicted octanol–water partition coefficient (Wildman–Crippen LogP) is 2.10. The van der Waals surface area contributed by atoms with E-state index in [4.69, 9.17) is 5.26 Å². The molecule has 0 saturated carbocycles. The van der Waals surface area contributed by atoms with Gasteiger partial charge in [-0.2, -0.15) is 5.26 Å². The average Bonchev–Trinajstić information content (AvgIpc) is 2.16. The maximum Gasteiger partial charge on any atom is 0.0677 e. The van der Waals surface area contributed by atoms with Crippen molar-refractivity contribution in [3.63, 3.8) is 0 Å². The molecule has 2 heteroatoms. The molecule has 1 aliphatic rings. The highest BCUT2D eigenvalue weighted by atomic mass is 14.9. The number of benzene rings is 1. The predicted molar refractivity (Wildman–Crippen MR) is 52.5 cm³/mol. The summed E-state index contributed by atoms with van der Waals surface area (Å²) >= 11 is 0. The first-order valence-corrected chi connectivity index (χ1v) is 4.52. The van der Waals surface area contributed by atoms with Crippen LogP contribution in [0.4, 0.5) is 5.69 Å². The number of hydrogen-bond acceptors (Lipinski definition) is 2. The molecule has 2 nitrogen and oxygen atoms in total. The number of anilines is 1. The van der Waals surface area contributed by atoms with Gasteiger partial charge in [-0.25, -0.2) is 0 Å². The van der Waals surface area contributed by atoms with Crippen LogP contribution in [0.1, 0.15) is 11.1 Å². The summed E-state index contributed by atoms with van der Waals surface area (Å²) < 4.78 is 0. The van der Waals surface area contributed by atoms with Crippen LogP contribution in [0.15, 0.2) is 18.2 Å². The Kier molecular flexibility index (Phi) is 1.94. The molecule has 0 radical (unpaired) electrons. The van der Waals surface area contributed by atoms with E-state index in [0.29, 0.717) is 0 Å². The molecular formula is C11H12N2. The summed E-state index contributed by atoms with van der Waals surface area (Å²) in [7, 11) is 0. The minimum atomic E-state index is 0.134. The summed E-state index contributed by atoms with van der Waals surface area (Å²) in [5, 5.41) is 12.1. The maximum absolute atomic E-state index is 8.80. The molecule has 1 aromatic rings. The fourth-order valence-corrected chi connectivity index (χ4v) is 1.73. The summed E-state index contributed by atoms with van der Waals surface area (Å²) in [6.07, 6.45) is 0.889. The smallest absolute Gasteiger partial charge is 0.0677 e. The van der Waals surface area contributed by atoms with Gasteiger partial charge in [-0.3, -0.25) is 0 Å². The number of nitrogens with one attached hydrogen (secondary N) is 1. The van der Waals surface area contributed by atoms with Gasteiger partial charge in [-0.15, -0.1) is 0 Å². The zero-order valence-corrected chi connectivity index (χ0v) is 7.67. The highest BCUT2D eigenvalue weighted by Gasteiger charge is 2.16. The van der Waals surface area contributed by atoms with E-state index < -0.39 is 0 Å². The normalized spacial score (nSPS) is 19.8. The highest BCUT2D eigenvalue weighted by Crippen LogP contribution is 2.25. The van der Waals surface area contributed by atoms with Gasteiger partial charge in [-0.05, 0) is 25.0 Å². The van der Waals surface area contributed by atoms with Gasteiger partial charge in [0, 0.05) is 12.2 Å². The van der Waals surface area contributed by atoms with Gasteiger partial charge in [0.25, 0.3) is 0 Å². The third-order valence-electron chi connectivity index (χ3n) is 2.45. The first-order chi connectivity index (χ1) is 6.29. The number of aryl methyl sites for hydroxylation is 1. The standard InChI is InChI=1S/C11H12N2/c1-8-2-3-11-10(4-8)5-9(6-12)7-13-11/h2-4,9,13H,5,7H2,1H3. The Morgan fingerprint density at radius 1 is 1.54 bits per heavy atom. The summed E-state index contributed by atoms with van der Waals surface area (Å²) in [5.74, 6) is 0.134. The van der Waals surface area contributed by atoms with Crippen molar-refractivity contribution in [1.82, 2.24) is 0 Å². The summed E-state index contributed by atoms with van der Waals surface area (Å²) in [4.78, 5) is 0. The van der Waals surface area contributed by atoms with Crippen molar-refractivity contribution in [3.05, 3.63) is 29.3 Å². The summed E-state index contributed by atoms with van der Waals surface area (Å²) in [6, 6.07) is 8.65. The van der Waals surface area contributed by atoms with E-state index in [1.807, 2.05) is 0 Å². The molecule has 13 heavy (non-hydrogen) atoms. The van der Waals surface area contributed by atoms with Crippen molar-refractivity contribution in [2.24, 2.45) is 5.92 Å². The van der Waals surface area contributed by atoms with Crippen molar-refractivity contribution >= 4 is 5.69 Å². The minimum Gasteiger partial charge on any atom is -0.383 e. The van der Waals surface area contributed by atoms with E-state index in [1.54, 1.807) is 0 Å². The van der Waals surface area contributed by atoms with Crippen molar-refractivity contribution in [1.29, 1.82) is 5.26 Å². The van der Waals surface area contributed by atoms with Crippen molar-refractivity contribution < 1.29 is 0 Å². The lowest BCUT2D eigenvalue weighted by Gasteiger charge is -2.21. The molecular weight excluding hydrogens is 160 g/mol. The molecule has 1 aliphatic heterocycles. The molecule has 1 atom stereocenters. The van der Waals surface area contributed by atoms with Gasteiger partial charge in [0.05, 0.1) is 12.0 Å². The monoisotopic (exact) mass is 172 g/mol. The van der Waals surface area contributed by atoms with Crippen LogP contribution >= 0.6 is 0 Å². The van der Waals surface area contributed by atoms with E-state index in [1.165, 1.54) is 16.8 Å². The Labute approximate surface area is 78.2 Å². The Hall–Kier alpha value is -1.49. The topological polar surface area (TPSA) is 35.8 Å². The maximum atomic E-state index is 8.80. The van der Waals surface area contributed by atoms with Crippen LogP contribution in [0, 0.1) is 24.2 Å². The van der Waals surface area contributed by atoms with E-state index >= 15 is 0 Å². The summed E-state index contributed by atoms with van der Waals surface area (Å²) in [5.41, 5.74) is 3.73. The molecule has 0 fully saturated rings. The molecule has 0 aromatic heterocycles. The second-order valence-electron chi connectivity index (χ2n) is 3.57. The van der Waals surface area contributed by atoms with Crippen LogP contribution < -0.4 is 5.32 Å². The van der Waals surface area contributed by atoms with Gasteiger partial charge in [0.2, 0.25) is 0 Å². The fourth-order valence-electron chi connectivity index (χ4n) is 1.73. The molecule has 0 aliphatic carbocycles. The van der Waals surface area contributed by atoms with E-state index in [2.05, 4.69) is 36.5 Å². The highest BCUT2D eigenvalue weighted by molar-refractivity contribution is 5.55. The van der Waals surface area contributed by atoms with Crippen molar-refractivity contribution in [2.75, 3.05) is 11.9 Å². The van der Waals surface area contributed by atoms with Gasteiger partial charge in [-0.1, -0.05) is 17.7 Å². The number of nitrogens with zero attached hydrogens (tertiary/aromatic N) is 1. The largest absolute Gasteiger partial charge is 0.383 e. The van der Waals surface area contributed by atoms with Gasteiger partial charge in [0.1, 0.15) is 0 Å². The molecule has 0 amide bonds. The van der Waals surface area contributed by atoms with Crippen molar-refractivity contribution in [3.8, 4) is 6.07 Å². The number of rotatable bonds is 0. The van der Waals surface area contributed by atoms with Crippen LogP contribution in [-0.4, -0.2) is 6.54 Å². The average molecular weight is 172 g/mol. The third kappa shape index (κ3) is 1.50. The zero-order chi connectivity index (χ0) is 9.26. The van der Waals surface area contributed by atoms with Crippen LogP contribution in [0.5, 0.6) is 0 Å². The molecule has 1 N–H and O–H groups in total. The molecule has 1 heterocycles. The number of hydrogen-bond donors (Lipinski definition) is 1. The van der Waals surface area contributed by atoms with Gasteiger partial charge in [0.15, 0.2) is 0 Å². The molecule has 0 bridgehead atoms. The van der Waals surface area contributed by atoms with Crippen molar-refractivity contribution in [2.45, 2.75) is 13.3 Å². The Morgan fingerprint density at radius 3 is 3.15 bits per heavy atom. The van der Waals surface area contributed by atoms with Gasteiger partial charge < -0.3 is 5.32 Å². The quantitative estimate of drug-likeness (QED) is 0.650. The molecule has 1 unspecified atom stereocenters. The molecule has 0 saturated heterocycles. The van der Waals surface area contributed by atoms with Gasteiger partial charge >= 0.3 is 0 Å². The van der Waals surface area contributed by atoms with E-state index in [0.717, 1.165) is 13.0 Å². The second kappa shape index (κ2) is 3.10. The summed E-state index contributed by atoms with van der Waals surface area (Å²) in [6.45, 7) is 2.86. The lowest BCUT2D eigenvalue weighted by molar-refractivity contribution is 0.674. The second-order valence-corrected chi connectivity index (χ2v) is 3.57. The van der Waals surface area contributed by atoms with E-state index in [9.17, 15) is 0 Å². The van der Waals surface area contributed by atoms with E-state index in [-0.39, 0.29) is 5.92 Å². The Balaban J connectivity index is 2.34. The molecule has 2 rings (SSSR count). The minimum absolute atomic E-state index is 0.134. The number of nitriles is 1. The Bertz CT molecular complexity index is 363. The first-order valence-electron chi connectivity index (χ1n) is 4.52. The SMILES string of the molecule is Cc1ccc2c(c1)CC(C#N)CN2. The molecule has 1 aromatic carbocycles. The Morgan fingerprint density at radius 2 is 2.38 bits per heavy atom. The zero-order valence-electron chi connectivity index (χ0n) is 7.67. The lowest BCUT2D eigenvalue weighted by atomic mass is 9.94. The fraction of sp³-hybridized carbons (Fsp3) is 0.364. The number of fused-ring (bicyclic) bond motifs is 1. The van der Waals surface area contributed by atoms with Crippen LogP contribution in [-0.2, 0) is 6.42 Å².